The van der Waals surface area contributed by atoms with Crippen LogP contribution in [0.4, 0.5) is 5.69 Å². The van der Waals surface area contributed by atoms with Gasteiger partial charge in [-0.2, -0.15) is 0 Å². The van der Waals surface area contributed by atoms with E-state index in [0.29, 0.717) is 13.0 Å². The number of imidazole rings is 1. The number of aromatic nitrogens is 2. The molecule has 6 heteroatoms. The first-order valence-corrected chi connectivity index (χ1v) is 6.14. The van der Waals surface area contributed by atoms with E-state index in [1.54, 1.807) is 0 Å². The Kier molecular flexibility index (Phi) is 3.71. The van der Waals surface area contributed by atoms with E-state index in [0.717, 1.165) is 22.5 Å². The summed E-state index contributed by atoms with van der Waals surface area (Å²) in [6, 6.07) is 5.08. The Bertz CT molecular complexity index is 606. The molecule has 0 aliphatic rings. The normalized spacial score (nSPS) is 12.6. The Hall–Kier alpha value is -2.08. The Morgan fingerprint density at radius 1 is 1.58 bits per heavy atom. The standard InChI is InChI=1S/C13H18N4O2/c1-8-16-11-7-9(3-4-12(11)17(8)2)15-6-5-10(14)13(18)19/h3-4,7,10,15H,5-6,14H2,1-2H3,(H,18,19). The van der Waals surface area contributed by atoms with Crippen LogP contribution in [0, 0.1) is 6.92 Å². The van der Waals surface area contributed by atoms with Crippen LogP contribution >= 0.6 is 0 Å². The van der Waals surface area contributed by atoms with Crippen LogP contribution in [0.1, 0.15) is 12.2 Å². The average Bonchev–Trinajstić information content (AvgIpc) is 2.64. The molecule has 1 atom stereocenters. The van der Waals surface area contributed by atoms with Crippen LogP contribution in [0.2, 0.25) is 0 Å². The van der Waals surface area contributed by atoms with E-state index in [1.807, 2.05) is 36.7 Å². The van der Waals surface area contributed by atoms with Gasteiger partial charge < -0.3 is 20.7 Å². The minimum Gasteiger partial charge on any atom is -0.480 e. The SMILES string of the molecule is Cc1nc2cc(NCCC(N)C(=O)O)ccc2n1C. The second kappa shape index (κ2) is 5.27. The van der Waals surface area contributed by atoms with Crippen molar-refractivity contribution in [3.05, 3.63) is 24.0 Å². The molecule has 2 aromatic rings. The minimum absolute atomic E-state index is 0.384. The van der Waals surface area contributed by atoms with Gasteiger partial charge in [-0.25, -0.2) is 4.98 Å². The molecule has 6 nitrogen and oxygen atoms in total. The molecule has 1 aromatic heterocycles. The maximum atomic E-state index is 10.6. The van der Waals surface area contributed by atoms with E-state index in [2.05, 4.69) is 10.3 Å². The summed E-state index contributed by atoms with van der Waals surface area (Å²) in [5, 5.41) is 11.8. The minimum atomic E-state index is -0.974. The first kappa shape index (κ1) is 13.4. The van der Waals surface area contributed by atoms with Crippen LogP contribution in [-0.2, 0) is 11.8 Å². The number of hydrogen-bond acceptors (Lipinski definition) is 4. The number of nitrogens with two attached hydrogens (primary N) is 1. The van der Waals surface area contributed by atoms with Crippen LogP contribution in [0.15, 0.2) is 18.2 Å². The number of carboxylic acids is 1. The van der Waals surface area contributed by atoms with Gasteiger partial charge in [0.1, 0.15) is 11.9 Å². The summed E-state index contributed by atoms with van der Waals surface area (Å²) in [5.41, 5.74) is 8.36. The molecule has 4 N–H and O–H groups in total. The van der Waals surface area contributed by atoms with E-state index >= 15 is 0 Å². The van der Waals surface area contributed by atoms with Crippen molar-refractivity contribution in [2.75, 3.05) is 11.9 Å². The predicted molar refractivity (Wildman–Crippen MR) is 74.2 cm³/mol. The van der Waals surface area contributed by atoms with E-state index in [1.165, 1.54) is 0 Å². The van der Waals surface area contributed by atoms with Crippen molar-refractivity contribution in [3.63, 3.8) is 0 Å². The number of rotatable bonds is 5. The van der Waals surface area contributed by atoms with Gasteiger partial charge in [-0.15, -0.1) is 0 Å². The number of fused-ring (bicyclic) bond motifs is 1. The van der Waals surface area contributed by atoms with E-state index in [-0.39, 0.29) is 0 Å². The topological polar surface area (TPSA) is 93.2 Å². The molecule has 0 saturated heterocycles. The lowest BCUT2D eigenvalue weighted by Crippen LogP contribution is -2.32. The molecule has 0 radical (unpaired) electrons. The molecular formula is C13H18N4O2. The van der Waals surface area contributed by atoms with Crippen molar-refractivity contribution in [2.45, 2.75) is 19.4 Å². The molecule has 102 valence electrons. The fraction of sp³-hybridized carbons (Fsp3) is 0.385. The molecular weight excluding hydrogens is 244 g/mol. The summed E-state index contributed by atoms with van der Waals surface area (Å²) in [4.78, 5) is 15.0. The fourth-order valence-corrected chi connectivity index (χ4v) is 1.93. The van der Waals surface area contributed by atoms with Gasteiger partial charge in [0.05, 0.1) is 11.0 Å². The number of nitrogens with one attached hydrogen (secondary N) is 1. The van der Waals surface area contributed by atoms with Crippen LogP contribution in [0.25, 0.3) is 11.0 Å². The Balaban J connectivity index is 2.04. The number of carboxylic acid groups (broad SMARTS) is 1. The molecule has 0 saturated carbocycles. The van der Waals surface area contributed by atoms with Gasteiger partial charge in [-0.1, -0.05) is 0 Å². The number of benzene rings is 1. The van der Waals surface area contributed by atoms with Crippen LogP contribution in [0.3, 0.4) is 0 Å². The number of anilines is 1. The first-order chi connectivity index (χ1) is 8.99. The summed E-state index contributed by atoms with van der Waals surface area (Å²) < 4.78 is 2.03. The van der Waals surface area contributed by atoms with Gasteiger partial charge in [0, 0.05) is 19.3 Å². The molecule has 0 aliphatic heterocycles. The van der Waals surface area contributed by atoms with Gasteiger partial charge in [0.2, 0.25) is 0 Å². The zero-order valence-corrected chi connectivity index (χ0v) is 11.1. The molecule has 0 spiro atoms. The van der Waals surface area contributed by atoms with Crippen molar-refractivity contribution in [3.8, 4) is 0 Å². The van der Waals surface area contributed by atoms with Gasteiger partial charge in [-0.3, -0.25) is 4.79 Å². The van der Waals surface area contributed by atoms with Crippen molar-refractivity contribution in [1.29, 1.82) is 0 Å². The molecule has 0 amide bonds. The predicted octanol–water partition coefficient (Wildman–Crippen LogP) is 1.10. The number of nitrogens with zero attached hydrogens (tertiary/aromatic N) is 2. The van der Waals surface area contributed by atoms with Crippen molar-refractivity contribution in [2.24, 2.45) is 12.8 Å². The lowest BCUT2D eigenvalue weighted by molar-refractivity contribution is -0.138. The van der Waals surface area contributed by atoms with Gasteiger partial charge in [0.25, 0.3) is 0 Å². The maximum Gasteiger partial charge on any atom is 0.320 e. The van der Waals surface area contributed by atoms with E-state index in [4.69, 9.17) is 10.8 Å². The van der Waals surface area contributed by atoms with Gasteiger partial charge in [-0.05, 0) is 31.5 Å². The molecule has 1 unspecified atom stereocenters. The van der Waals surface area contributed by atoms with E-state index < -0.39 is 12.0 Å². The molecule has 1 heterocycles. The molecule has 19 heavy (non-hydrogen) atoms. The number of hydrogen-bond donors (Lipinski definition) is 3. The lowest BCUT2D eigenvalue weighted by atomic mass is 10.2. The smallest absolute Gasteiger partial charge is 0.320 e. The van der Waals surface area contributed by atoms with Crippen LogP contribution in [0.5, 0.6) is 0 Å². The quantitative estimate of drug-likeness (QED) is 0.750. The number of carbonyl (C=O) groups is 1. The molecule has 0 fully saturated rings. The largest absolute Gasteiger partial charge is 0.480 e. The monoisotopic (exact) mass is 262 g/mol. The molecule has 0 aliphatic carbocycles. The third kappa shape index (κ3) is 2.85. The second-order valence-electron chi connectivity index (χ2n) is 4.58. The van der Waals surface area contributed by atoms with Crippen LogP contribution in [-0.4, -0.2) is 33.2 Å². The summed E-state index contributed by atoms with van der Waals surface area (Å²) in [6.07, 6.45) is 0.384. The third-order valence-electron chi connectivity index (χ3n) is 3.21. The van der Waals surface area contributed by atoms with Gasteiger partial charge in [0.15, 0.2) is 0 Å². The van der Waals surface area contributed by atoms with Crippen molar-refractivity contribution in [1.82, 2.24) is 9.55 Å². The number of aliphatic carboxylic acids is 1. The fourth-order valence-electron chi connectivity index (χ4n) is 1.93. The van der Waals surface area contributed by atoms with Crippen LogP contribution < -0.4 is 11.1 Å². The zero-order chi connectivity index (χ0) is 14.0. The first-order valence-electron chi connectivity index (χ1n) is 6.14. The van der Waals surface area contributed by atoms with Gasteiger partial charge >= 0.3 is 5.97 Å². The molecule has 2 rings (SSSR count). The number of aryl methyl sites for hydroxylation is 2. The van der Waals surface area contributed by atoms with E-state index in [9.17, 15) is 4.79 Å². The second-order valence-corrected chi connectivity index (χ2v) is 4.58. The Morgan fingerprint density at radius 2 is 2.32 bits per heavy atom. The lowest BCUT2D eigenvalue weighted by Gasteiger charge is -2.09. The van der Waals surface area contributed by atoms with Crippen molar-refractivity contribution < 1.29 is 9.90 Å². The highest BCUT2D eigenvalue weighted by atomic mass is 16.4. The summed E-state index contributed by atoms with van der Waals surface area (Å²) in [5.74, 6) is -0.0161. The van der Waals surface area contributed by atoms with Crippen molar-refractivity contribution >= 4 is 22.7 Å². The highest BCUT2D eigenvalue weighted by Crippen LogP contribution is 2.19. The zero-order valence-electron chi connectivity index (χ0n) is 11.1. The highest BCUT2D eigenvalue weighted by molar-refractivity contribution is 5.80. The summed E-state index contributed by atoms with van der Waals surface area (Å²) in [6.45, 7) is 2.48. The third-order valence-corrected chi connectivity index (χ3v) is 3.21. The summed E-state index contributed by atoms with van der Waals surface area (Å²) in [7, 11) is 1.98. The Morgan fingerprint density at radius 3 is 3.00 bits per heavy atom. The Labute approximate surface area is 111 Å². The molecule has 1 aromatic carbocycles. The summed E-state index contributed by atoms with van der Waals surface area (Å²) >= 11 is 0. The molecule has 0 bridgehead atoms. The maximum absolute atomic E-state index is 10.6. The highest BCUT2D eigenvalue weighted by Gasteiger charge is 2.10. The average molecular weight is 262 g/mol.